The van der Waals surface area contributed by atoms with Gasteiger partial charge in [-0.1, -0.05) is 0 Å². The van der Waals surface area contributed by atoms with Crippen LogP contribution in [0, 0.1) is 0 Å². The minimum Gasteiger partial charge on any atom is -0.461 e. The van der Waals surface area contributed by atoms with Gasteiger partial charge in [0.1, 0.15) is 17.8 Å². The number of esters is 1. The largest absolute Gasteiger partial charge is 0.461 e. The van der Waals surface area contributed by atoms with Crippen molar-refractivity contribution in [1.82, 2.24) is 24.4 Å². The number of carbonyl (C=O) groups excluding carboxylic acids is 2. The van der Waals surface area contributed by atoms with E-state index in [4.69, 9.17) is 9.47 Å². The predicted octanol–water partition coefficient (Wildman–Crippen LogP) is 1.83. The fourth-order valence-electron chi connectivity index (χ4n) is 3.02. The van der Waals surface area contributed by atoms with Crippen molar-refractivity contribution < 1.29 is 19.1 Å². The van der Waals surface area contributed by atoms with Gasteiger partial charge in [-0.05, 0) is 33.3 Å². The fraction of sp³-hybridized carbons (Fsp3) is 0.579. The van der Waals surface area contributed by atoms with Gasteiger partial charge in [-0.15, -0.1) is 0 Å². The summed E-state index contributed by atoms with van der Waals surface area (Å²) in [4.78, 5) is 32.6. The highest BCUT2D eigenvalue weighted by atomic mass is 16.6. The lowest BCUT2D eigenvalue weighted by Gasteiger charge is -2.26. The maximum atomic E-state index is 12.3. The summed E-state index contributed by atoms with van der Waals surface area (Å²) in [6.45, 7) is 9.30. The van der Waals surface area contributed by atoms with Gasteiger partial charge in [0.25, 0.3) is 0 Å². The van der Waals surface area contributed by atoms with Crippen molar-refractivity contribution in [3.8, 4) is 0 Å². The van der Waals surface area contributed by atoms with Crippen LogP contribution >= 0.6 is 0 Å². The maximum Gasteiger partial charge on any atom is 0.410 e. The predicted molar refractivity (Wildman–Crippen MR) is 102 cm³/mol. The molecular weight excluding hydrogens is 362 g/mol. The van der Waals surface area contributed by atoms with Crippen LogP contribution in [0.1, 0.15) is 37.6 Å². The lowest BCUT2D eigenvalue weighted by molar-refractivity contribution is 0.0256. The Labute approximate surface area is 164 Å². The minimum atomic E-state index is -0.496. The topological polar surface area (TPSA) is 89.3 Å². The molecule has 0 aliphatic carbocycles. The highest BCUT2D eigenvalue weighted by molar-refractivity contribution is 5.95. The van der Waals surface area contributed by atoms with Crippen LogP contribution in [0.25, 0.3) is 5.65 Å². The van der Waals surface area contributed by atoms with E-state index >= 15 is 0 Å². The molecule has 0 unspecified atom stereocenters. The third-order valence-corrected chi connectivity index (χ3v) is 4.38. The zero-order valence-corrected chi connectivity index (χ0v) is 16.6. The molecule has 0 aromatic carbocycles. The van der Waals surface area contributed by atoms with Crippen molar-refractivity contribution in [3.05, 3.63) is 30.2 Å². The second-order valence-electron chi connectivity index (χ2n) is 7.74. The average Bonchev–Trinajstić information content (AvgIpc) is 2.92. The molecule has 9 nitrogen and oxygen atoms in total. The molecule has 0 N–H and O–H groups in total. The van der Waals surface area contributed by atoms with E-state index in [9.17, 15) is 9.59 Å². The van der Waals surface area contributed by atoms with E-state index in [1.807, 2.05) is 20.8 Å². The smallest absolute Gasteiger partial charge is 0.410 e. The third-order valence-electron chi connectivity index (χ3n) is 4.38. The van der Waals surface area contributed by atoms with Gasteiger partial charge in [-0.25, -0.2) is 19.1 Å². The molecule has 2 aromatic rings. The van der Waals surface area contributed by atoms with E-state index in [0.717, 1.165) is 19.5 Å². The number of fused-ring (bicyclic) bond motifs is 1. The standard InChI is InChI=1S/C19H27N5O4/c1-19(2,3)28-18(26)23-8-5-7-22(10-11-23)12-13-27-17(25)15-14-21-24-9-4-6-20-16(15)24/h4,6,9,14H,5,7-8,10-13H2,1-3H3. The molecule has 1 saturated heterocycles. The molecule has 1 amide bonds. The van der Waals surface area contributed by atoms with E-state index in [-0.39, 0.29) is 12.7 Å². The molecule has 0 atom stereocenters. The Bertz CT molecular complexity index is 829. The second kappa shape index (κ2) is 8.55. The molecule has 3 rings (SSSR count). The van der Waals surface area contributed by atoms with Crippen molar-refractivity contribution in [2.45, 2.75) is 32.8 Å². The molecule has 0 spiro atoms. The Hall–Kier alpha value is -2.68. The SMILES string of the molecule is CC(C)(C)OC(=O)N1CCCN(CCOC(=O)c2cnn3cccnc23)CC1. The van der Waals surface area contributed by atoms with Crippen molar-refractivity contribution in [2.24, 2.45) is 0 Å². The minimum absolute atomic E-state index is 0.273. The van der Waals surface area contributed by atoms with Crippen LogP contribution < -0.4 is 0 Å². The molecule has 1 aliphatic rings. The van der Waals surface area contributed by atoms with Gasteiger partial charge in [0.2, 0.25) is 0 Å². The number of ether oxygens (including phenoxy) is 2. The number of hydrogen-bond acceptors (Lipinski definition) is 7. The molecule has 0 saturated carbocycles. The number of aromatic nitrogens is 3. The quantitative estimate of drug-likeness (QED) is 0.737. The molecule has 152 valence electrons. The van der Waals surface area contributed by atoms with Gasteiger partial charge in [0, 0.05) is 45.1 Å². The maximum absolute atomic E-state index is 12.3. The van der Waals surface area contributed by atoms with Crippen LogP contribution in [0.3, 0.4) is 0 Å². The number of carbonyl (C=O) groups is 2. The Balaban J connectivity index is 1.45. The number of nitrogens with zero attached hydrogens (tertiary/aromatic N) is 5. The number of rotatable bonds is 4. The first-order chi connectivity index (χ1) is 13.3. The fourth-order valence-corrected chi connectivity index (χ4v) is 3.02. The second-order valence-corrected chi connectivity index (χ2v) is 7.74. The average molecular weight is 389 g/mol. The first kappa shape index (κ1) is 20.1. The Morgan fingerprint density at radius 3 is 2.79 bits per heavy atom. The molecule has 1 aliphatic heterocycles. The molecular formula is C19H27N5O4. The summed E-state index contributed by atoms with van der Waals surface area (Å²) in [6.07, 6.45) is 5.38. The van der Waals surface area contributed by atoms with Crippen LogP contribution in [0.2, 0.25) is 0 Å². The van der Waals surface area contributed by atoms with Gasteiger partial charge in [0.05, 0.1) is 6.20 Å². The van der Waals surface area contributed by atoms with E-state index in [1.54, 1.807) is 23.4 Å². The van der Waals surface area contributed by atoms with Gasteiger partial charge in [-0.3, -0.25) is 4.90 Å². The van der Waals surface area contributed by atoms with E-state index in [1.165, 1.54) is 10.7 Å². The van der Waals surface area contributed by atoms with E-state index in [2.05, 4.69) is 15.0 Å². The molecule has 1 fully saturated rings. The lowest BCUT2D eigenvalue weighted by atomic mass is 10.2. The molecule has 0 radical (unpaired) electrons. The summed E-state index contributed by atoms with van der Waals surface area (Å²) >= 11 is 0. The van der Waals surface area contributed by atoms with E-state index < -0.39 is 11.6 Å². The van der Waals surface area contributed by atoms with Crippen LogP contribution in [-0.4, -0.2) is 81.4 Å². The number of amides is 1. The lowest BCUT2D eigenvalue weighted by Crippen LogP contribution is -2.39. The summed E-state index contributed by atoms with van der Waals surface area (Å²) in [6, 6.07) is 1.75. The Kier molecular flexibility index (Phi) is 6.13. The Morgan fingerprint density at radius 1 is 1.18 bits per heavy atom. The van der Waals surface area contributed by atoms with Gasteiger partial charge >= 0.3 is 12.1 Å². The van der Waals surface area contributed by atoms with Crippen molar-refractivity contribution >= 4 is 17.7 Å². The molecule has 9 heteroatoms. The van der Waals surface area contributed by atoms with Crippen LogP contribution in [-0.2, 0) is 9.47 Å². The normalized spacial score (nSPS) is 16.0. The van der Waals surface area contributed by atoms with Crippen molar-refractivity contribution in [2.75, 3.05) is 39.3 Å². The van der Waals surface area contributed by atoms with Crippen molar-refractivity contribution in [1.29, 1.82) is 0 Å². The van der Waals surface area contributed by atoms with Crippen LogP contribution in [0.15, 0.2) is 24.7 Å². The molecule has 0 bridgehead atoms. The number of hydrogen-bond donors (Lipinski definition) is 0. The van der Waals surface area contributed by atoms with Crippen LogP contribution in [0.5, 0.6) is 0 Å². The summed E-state index contributed by atoms with van der Waals surface area (Å²) < 4.78 is 12.4. The van der Waals surface area contributed by atoms with Gasteiger partial charge in [-0.2, -0.15) is 5.10 Å². The first-order valence-electron chi connectivity index (χ1n) is 9.49. The zero-order valence-electron chi connectivity index (χ0n) is 16.6. The van der Waals surface area contributed by atoms with E-state index in [0.29, 0.717) is 30.8 Å². The van der Waals surface area contributed by atoms with Crippen LogP contribution in [0.4, 0.5) is 4.79 Å². The summed E-state index contributed by atoms with van der Waals surface area (Å²) in [5, 5.41) is 4.09. The van der Waals surface area contributed by atoms with Crippen molar-refractivity contribution in [3.63, 3.8) is 0 Å². The first-order valence-corrected chi connectivity index (χ1v) is 9.49. The highest BCUT2D eigenvalue weighted by Gasteiger charge is 2.24. The van der Waals surface area contributed by atoms with Gasteiger partial charge in [0.15, 0.2) is 5.65 Å². The Morgan fingerprint density at radius 2 is 2.00 bits per heavy atom. The summed E-state index contributed by atoms with van der Waals surface area (Å²) in [7, 11) is 0. The monoisotopic (exact) mass is 389 g/mol. The molecule has 28 heavy (non-hydrogen) atoms. The molecule has 3 heterocycles. The summed E-state index contributed by atoms with van der Waals surface area (Å²) in [5.41, 5.74) is 0.340. The third kappa shape index (κ3) is 5.19. The highest BCUT2D eigenvalue weighted by Crippen LogP contribution is 2.12. The summed E-state index contributed by atoms with van der Waals surface area (Å²) in [5.74, 6) is -0.432. The molecule has 2 aromatic heterocycles. The van der Waals surface area contributed by atoms with Gasteiger partial charge < -0.3 is 14.4 Å². The zero-order chi connectivity index (χ0) is 20.1.